The summed E-state index contributed by atoms with van der Waals surface area (Å²) in [5, 5.41) is 6.74. The van der Waals surface area contributed by atoms with Crippen LogP contribution in [0.15, 0.2) is 4.79 Å². The van der Waals surface area contributed by atoms with Gasteiger partial charge in [-0.15, -0.1) is 0 Å². The first-order valence-electron chi connectivity index (χ1n) is 7.86. The van der Waals surface area contributed by atoms with Crippen molar-refractivity contribution in [3.8, 4) is 0 Å². The van der Waals surface area contributed by atoms with Crippen LogP contribution in [-0.4, -0.2) is 33.8 Å². The minimum Gasteiger partial charge on any atom is -0.348 e. The van der Waals surface area contributed by atoms with E-state index in [0.717, 1.165) is 31.5 Å². The van der Waals surface area contributed by atoms with Crippen molar-refractivity contribution in [2.75, 3.05) is 13.2 Å². The number of H-pyrrole nitrogens is 1. The fraction of sp³-hybridized carbons (Fsp3) is 0.867. The van der Waals surface area contributed by atoms with Crippen molar-refractivity contribution in [2.24, 2.45) is 5.41 Å². The molecule has 1 saturated heterocycles. The van der Waals surface area contributed by atoms with Gasteiger partial charge in [0.1, 0.15) is 5.82 Å². The first-order valence-corrected chi connectivity index (χ1v) is 7.86. The van der Waals surface area contributed by atoms with E-state index < -0.39 is 0 Å². The summed E-state index contributed by atoms with van der Waals surface area (Å²) in [5.74, 6) is 0.737. The van der Waals surface area contributed by atoms with Gasteiger partial charge in [-0.1, -0.05) is 20.8 Å². The van der Waals surface area contributed by atoms with E-state index in [2.05, 4.69) is 31.0 Å². The lowest BCUT2D eigenvalue weighted by molar-refractivity contribution is -0.191. The van der Waals surface area contributed by atoms with Crippen molar-refractivity contribution >= 4 is 0 Å². The molecule has 118 valence electrons. The van der Waals surface area contributed by atoms with Crippen LogP contribution in [0.5, 0.6) is 0 Å². The summed E-state index contributed by atoms with van der Waals surface area (Å²) in [6.45, 7) is 8.49. The summed E-state index contributed by atoms with van der Waals surface area (Å²) < 4.78 is 13.4. The Kier molecular flexibility index (Phi) is 3.69. The molecular formula is C15H25N3O3. The van der Waals surface area contributed by atoms with E-state index in [9.17, 15) is 4.79 Å². The van der Waals surface area contributed by atoms with Crippen molar-refractivity contribution in [1.29, 1.82) is 0 Å². The van der Waals surface area contributed by atoms with Crippen LogP contribution in [0.25, 0.3) is 0 Å². The molecule has 0 unspecified atom stereocenters. The van der Waals surface area contributed by atoms with Gasteiger partial charge in [-0.25, -0.2) is 9.89 Å². The lowest BCUT2D eigenvalue weighted by Crippen LogP contribution is -2.41. The molecule has 0 radical (unpaired) electrons. The normalized spacial score (nSPS) is 24.0. The Bertz CT molecular complexity index is 545. The molecule has 1 spiro atoms. The number of rotatable bonds is 3. The van der Waals surface area contributed by atoms with Gasteiger partial charge in [0.2, 0.25) is 0 Å². The van der Waals surface area contributed by atoms with Crippen LogP contribution >= 0.6 is 0 Å². The highest BCUT2D eigenvalue weighted by molar-refractivity contribution is 4.96. The van der Waals surface area contributed by atoms with Gasteiger partial charge in [-0.3, -0.25) is 4.57 Å². The largest absolute Gasteiger partial charge is 0.348 e. The Balaban J connectivity index is 1.73. The third-order valence-electron chi connectivity index (χ3n) is 4.88. The van der Waals surface area contributed by atoms with Crippen LogP contribution < -0.4 is 5.69 Å². The first-order chi connectivity index (χ1) is 9.93. The Hall–Kier alpha value is -1.14. The van der Waals surface area contributed by atoms with Crippen LogP contribution in [0.2, 0.25) is 0 Å². The van der Waals surface area contributed by atoms with Crippen molar-refractivity contribution in [3.63, 3.8) is 0 Å². The predicted molar refractivity (Wildman–Crippen MR) is 78.1 cm³/mol. The molecule has 0 amide bonds. The second-order valence-corrected chi connectivity index (χ2v) is 7.05. The topological polar surface area (TPSA) is 69.1 Å². The van der Waals surface area contributed by atoms with E-state index in [1.165, 1.54) is 0 Å². The molecule has 2 fully saturated rings. The highest BCUT2D eigenvalue weighted by Gasteiger charge is 2.44. The van der Waals surface area contributed by atoms with Crippen molar-refractivity contribution in [1.82, 2.24) is 14.8 Å². The van der Waals surface area contributed by atoms with Gasteiger partial charge in [0.15, 0.2) is 5.79 Å². The number of hydrogen-bond donors (Lipinski definition) is 1. The van der Waals surface area contributed by atoms with Crippen molar-refractivity contribution in [3.05, 3.63) is 16.3 Å². The molecule has 1 aliphatic carbocycles. The Labute approximate surface area is 124 Å². The van der Waals surface area contributed by atoms with E-state index in [1.54, 1.807) is 4.57 Å². The maximum Gasteiger partial charge on any atom is 0.343 e. The molecule has 6 heteroatoms. The maximum atomic E-state index is 12.0. The third kappa shape index (κ3) is 2.79. The molecule has 6 nitrogen and oxygen atoms in total. The number of aromatic nitrogens is 3. The van der Waals surface area contributed by atoms with E-state index in [-0.39, 0.29) is 22.8 Å². The fourth-order valence-electron chi connectivity index (χ4n) is 3.48. The smallest absolute Gasteiger partial charge is 0.343 e. The van der Waals surface area contributed by atoms with Gasteiger partial charge in [-0.05, 0) is 18.3 Å². The summed E-state index contributed by atoms with van der Waals surface area (Å²) in [5.41, 5.74) is -0.00803. The van der Waals surface area contributed by atoms with Gasteiger partial charge >= 0.3 is 5.69 Å². The lowest BCUT2D eigenvalue weighted by atomic mass is 9.73. The summed E-state index contributed by atoms with van der Waals surface area (Å²) in [7, 11) is 0. The average molecular weight is 295 g/mol. The van der Waals surface area contributed by atoms with Crippen LogP contribution in [-0.2, 0) is 16.0 Å². The quantitative estimate of drug-likeness (QED) is 0.926. The van der Waals surface area contributed by atoms with Crippen LogP contribution in [0.1, 0.15) is 58.2 Å². The standard InChI is InChI=1S/C15H25N3O3/c1-11(2)12-16-17-13(19)18(12)10-14(3)4-6-15(7-5-14)20-8-9-21-15/h11H,4-10H2,1-3H3,(H,17,19). The number of aromatic amines is 1. The van der Waals surface area contributed by atoms with E-state index in [4.69, 9.17) is 9.47 Å². The number of hydrogen-bond acceptors (Lipinski definition) is 4. The molecule has 1 aromatic rings. The second-order valence-electron chi connectivity index (χ2n) is 7.05. The summed E-state index contributed by atoms with van der Waals surface area (Å²) in [6.07, 6.45) is 3.82. The molecule has 0 aromatic carbocycles. The van der Waals surface area contributed by atoms with E-state index >= 15 is 0 Å². The zero-order valence-electron chi connectivity index (χ0n) is 13.1. The summed E-state index contributed by atoms with van der Waals surface area (Å²) >= 11 is 0. The Morgan fingerprint density at radius 3 is 2.43 bits per heavy atom. The summed E-state index contributed by atoms with van der Waals surface area (Å²) in [6, 6.07) is 0. The van der Waals surface area contributed by atoms with Crippen molar-refractivity contribution in [2.45, 2.75) is 64.7 Å². The lowest BCUT2D eigenvalue weighted by Gasteiger charge is -2.41. The van der Waals surface area contributed by atoms with Crippen molar-refractivity contribution < 1.29 is 9.47 Å². The molecule has 0 atom stereocenters. The first kappa shape index (κ1) is 14.8. The van der Waals surface area contributed by atoms with Gasteiger partial charge in [0, 0.05) is 25.3 Å². The molecule has 1 aliphatic heterocycles. The van der Waals surface area contributed by atoms with Gasteiger partial charge < -0.3 is 9.47 Å². The highest BCUT2D eigenvalue weighted by Crippen LogP contribution is 2.45. The molecule has 3 rings (SSSR count). The number of ether oxygens (including phenoxy) is 2. The SMILES string of the molecule is CC(C)c1n[nH]c(=O)n1CC1(C)CCC2(CC1)OCCO2. The second kappa shape index (κ2) is 5.25. The summed E-state index contributed by atoms with van der Waals surface area (Å²) in [4.78, 5) is 12.0. The van der Waals surface area contributed by atoms with Crippen LogP contribution in [0.4, 0.5) is 0 Å². The molecule has 1 saturated carbocycles. The minimum atomic E-state index is -0.345. The van der Waals surface area contributed by atoms with Gasteiger partial charge in [0.25, 0.3) is 0 Å². The van der Waals surface area contributed by atoms with Crippen LogP contribution in [0.3, 0.4) is 0 Å². The molecule has 2 aliphatic rings. The van der Waals surface area contributed by atoms with Crippen LogP contribution in [0, 0.1) is 5.41 Å². The maximum absolute atomic E-state index is 12.0. The molecule has 1 aromatic heterocycles. The Morgan fingerprint density at radius 1 is 1.24 bits per heavy atom. The fourth-order valence-corrected chi connectivity index (χ4v) is 3.48. The highest BCUT2D eigenvalue weighted by atomic mass is 16.7. The third-order valence-corrected chi connectivity index (χ3v) is 4.88. The monoisotopic (exact) mass is 295 g/mol. The average Bonchev–Trinajstić information content (AvgIpc) is 3.03. The predicted octanol–water partition coefficient (Wildman–Crippen LogP) is 2.02. The van der Waals surface area contributed by atoms with E-state index in [1.807, 2.05) is 0 Å². The van der Waals surface area contributed by atoms with Gasteiger partial charge in [-0.2, -0.15) is 5.10 Å². The molecule has 21 heavy (non-hydrogen) atoms. The zero-order chi connectivity index (χ0) is 15.1. The van der Waals surface area contributed by atoms with Gasteiger partial charge in [0.05, 0.1) is 13.2 Å². The number of nitrogens with one attached hydrogen (secondary N) is 1. The zero-order valence-corrected chi connectivity index (χ0v) is 13.1. The Morgan fingerprint density at radius 2 is 1.86 bits per heavy atom. The van der Waals surface area contributed by atoms with E-state index in [0.29, 0.717) is 19.8 Å². The minimum absolute atomic E-state index is 0.0951. The molecule has 0 bridgehead atoms. The molecule has 1 N–H and O–H groups in total. The molecule has 2 heterocycles. The molecular weight excluding hydrogens is 270 g/mol. The number of nitrogens with zero attached hydrogens (tertiary/aromatic N) is 2.